The average molecular weight is 697 g/mol. The Balaban J connectivity index is 1.64. The molecule has 3 amide bonds. The number of hydrogen-bond acceptors (Lipinski definition) is 6. The Morgan fingerprint density at radius 3 is 2.51 bits per heavy atom. The van der Waals surface area contributed by atoms with E-state index in [9.17, 15) is 28.4 Å². The van der Waals surface area contributed by atoms with Crippen LogP contribution < -0.4 is 15.2 Å². The number of carbonyl (C=O) groups is 2. The number of aromatic amines is 1. The van der Waals surface area contributed by atoms with Gasteiger partial charge in [-0.15, -0.1) is 0 Å². The highest BCUT2D eigenvalue weighted by atomic mass is 35.5. The van der Waals surface area contributed by atoms with Crippen LogP contribution in [0.5, 0.6) is 5.75 Å². The minimum absolute atomic E-state index is 0.0506. The Labute approximate surface area is 276 Å². The Kier molecular flexibility index (Phi) is 9.03. The molecule has 3 heterocycles. The number of urea groups is 1. The Bertz CT molecular complexity index is 1790. The van der Waals surface area contributed by atoms with E-state index in [4.69, 9.17) is 39.5 Å². The molecule has 1 aromatic heterocycles. The average Bonchev–Trinajstić information content (AvgIpc) is 3.26. The number of methoxy groups -OCH3 is 1. The fourth-order valence-corrected chi connectivity index (χ4v) is 7.37. The summed E-state index contributed by atoms with van der Waals surface area (Å²) in [6, 6.07) is 10.9. The zero-order valence-electron chi connectivity index (χ0n) is 24.2. The first-order chi connectivity index (χ1) is 21.2. The van der Waals surface area contributed by atoms with E-state index in [1.54, 1.807) is 42.0 Å². The molecule has 1 unspecified atom stereocenters. The number of pyridine rings is 1. The number of rotatable bonds is 7. The first-order valence-corrected chi connectivity index (χ1v) is 15.6. The SMILES string of the molecule is COc1cc2c(cc1N1CCCN(C)C1=O)CN(C(=O)c1c(Sc3c(Cl)cccc3Cl)cc(C(F)(F)Cl)[nH]c1=O)C2(C)CC#N. The van der Waals surface area contributed by atoms with Gasteiger partial charge in [0.15, 0.2) is 0 Å². The van der Waals surface area contributed by atoms with Gasteiger partial charge in [-0.1, -0.05) is 41.0 Å². The molecule has 2 aromatic carbocycles. The number of alkyl halides is 3. The van der Waals surface area contributed by atoms with E-state index in [0.717, 1.165) is 24.2 Å². The van der Waals surface area contributed by atoms with Gasteiger partial charge in [0.2, 0.25) is 0 Å². The lowest BCUT2D eigenvalue weighted by molar-refractivity contribution is 0.0539. The Morgan fingerprint density at radius 2 is 1.89 bits per heavy atom. The Morgan fingerprint density at radius 1 is 1.20 bits per heavy atom. The number of amides is 3. The Hall–Kier alpha value is -3.50. The molecule has 0 radical (unpaired) electrons. The van der Waals surface area contributed by atoms with Crippen LogP contribution >= 0.6 is 46.6 Å². The molecule has 2 aliphatic heterocycles. The van der Waals surface area contributed by atoms with Gasteiger partial charge in [0.1, 0.15) is 17.0 Å². The summed E-state index contributed by atoms with van der Waals surface area (Å²) in [4.78, 5) is 47.5. The van der Waals surface area contributed by atoms with E-state index >= 15 is 0 Å². The van der Waals surface area contributed by atoms with Crippen molar-refractivity contribution in [1.82, 2.24) is 14.8 Å². The fourth-order valence-electron chi connectivity index (χ4n) is 5.63. The highest BCUT2D eigenvalue weighted by Gasteiger charge is 2.47. The molecule has 2 aliphatic rings. The van der Waals surface area contributed by atoms with Gasteiger partial charge >= 0.3 is 11.4 Å². The van der Waals surface area contributed by atoms with E-state index in [0.29, 0.717) is 35.7 Å². The number of nitrogens with zero attached hydrogens (tertiary/aromatic N) is 4. The molecule has 3 aromatic rings. The van der Waals surface area contributed by atoms with Crippen LogP contribution in [-0.2, 0) is 17.5 Å². The lowest BCUT2D eigenvalue weighted by Gasteiger charge is -2.35. The van der Waals surface area contributed by atoms with E-state index in [1.807, 2.05) is 4.98 Å². The maximum Gasteiger partial charge on any atom is 0.362 e. The summed E-state index contributed by atoms with van der Waals surface area (Å²) in [7, 11) is 3.16. The number of aromatic nitrogens is 1. The van der Waals surface area contributed by atoms with Crippen LogP contribution in [0.2, 0.25) is 10.0 Å². The fraction of sp³-hybridized carbons (Fsp3) is 0.333. The van der Waals surface area contributed by atoms with E-state index in [-0.39, 0.29) is 38.8 Å². The molecule has 0 spiro atoms. The van der Waals surface area contributed by atoms with Crippen molar-refractivity contribution in [1.29, 1.82) is 5.26 Å². The quantitative estimate of drug-likeness (QED) is 0.262. The standard InChI is InChI=1S/C30H26Cl3F2N5O4S/c1-29(8-9-36)17-13-21(44-3)20(39-11-5-10-38(2)28(39)43)12-16(17)15-40(29)27(42)24-22(14-23(30(33,34)35)37-26(24)41)45-25-18(31)6-4-7-19(25)32/h4,6-7,12-14H,5,8,10-11,15H2,1-3H3,(H,37,41). The summed E-state index contributed by atoms with van der Waals surface area (Å²) in [5, 5.41) is 6.24. The maximum absolute atomic E-state index is 14.4. The molecule has 1 saturated heterocycles. The van der Waals surface area contributed by atoms with Crippen molar-refractivity contribution in [3.05, 3.63) is 79.2 Å². The summed E-state index contributed by atoms with van der Waals surface area (Å²) in [6.45, 7) is 2.68. The first-order valence-electron chi connectivity index (χ1n) is 13.6. The summed E-state index contributed by atoms with van der Waals surface area (Å²) in [5.41, 5.74) is -2.05. The van der Waals surface area contributed by atoms with Crippen molar-refractivity contribution in [2.45, 2.75) is 47.0 Å². The molecule has 9 nitrogen and oxygen atoms in total. The minimum atomic E-state index is -3.95. The van der Waals surface area contributed by atoms with E-state index in [2.05, 4.69) is 6.07 Å². The van der Waals surface area contributed by atoms with Gasteiger partial charge in [0.05, 0.1) is 40.9 Å². The molecule has 0 aliphatic carbocycles. The number of nitriles is 1. The van der Waals surface area contributed by atoms with Crippen LogP contribution in [0.1, 0.15) is 46.9 Å². The van der Waals surface area contributed by atoms with Crippen LogP contribution in [0.3, 0.4) is 0 Å². The van der Waals surface area contributed by atoms with Gasteiger partial charge < -0.3 is 19.5 Å². The molecule has 1 fully saturated rings. The van der Waals surface area contributed by atoms with Gasteiger partial charge in [-0.25, -0.2) is 4.79 Å². The van der Waals surface area contributed by atoms with Crippen molar-refractivity contribution in [3.8, 4) is 11.8 Å². The predicted octanol–water partition coefficient (Wildman–Crippen LogP) is 7.18. The van der Waals surface area contributed by atoms with Gasteiger partial charge in [-0.2, -0.15) is 14.0 Å². The molecular formula is C30H26Cl3F2N5O4S. The lowest BCUT2D eigenvalue weighted by Crippen LogP contribution is -2.47. The van der Waals surface area contributed by atoms with E-state index < -0.39 is 33.6 Å². The third kappa shape index (κ3) is 5.94. The van der Waals surface area contributed by atoms with Gasteiger partial charge in [0.25, 0.3) is 11.5 Å². The number of fused-ring (bicyclic) bond motifs is 1. The number of nitrogens with one attached hydrogen (secondary N) is 1. The van der Waals surface area contributed by atoms with Crippen LogP contribution in [0.4, 0.5) is 19.3 Å². The zero-order valence-corrected chi connectivity index (χ0v) is 27.3. The second-order valence-corrected chi connectivity index (χ2v) is 13.1. The molecular weight excluding hydrogens is 671 g/mol. The first kappa shape index (κ1) is 32.9. The summed E-state index contributed by atoms with van der Waals surface area (Å²) in [6.07, 6.45) is 0.559. The zero-order chi connectivity index (χ0) is 32.8. The summed E-state index contributed by atoms with van der Waals surface area (Å²) < 4.78 is 34.1. The molecule has 0 saturated carbocycles. The number of anilines is 1. The van der Waals surface area contributed by atoms with Crippen LogP contribution in [-0.4, -0.2) is 54.0 Å². The number of H-pyrrole nitrogens is 1. The van der Waals surface area contributed by atoms with E-state index in [1.165, 1.54) is 24.1 Å². The van der Waals surface area contributed by atoms with Crippen molar-refractivity contribution in [2.24, 2.45) is 0 Å². The van der Waals surface area contributed by atoms with Gasteiger partial charge in [0, 0.05) is 36.5 Å². The summed E-state index contributed by atoms with van der Waals surface area (Å²) in [5.74, 6) is -0.457. The smallest absolute Gasteiger partial charge is 0.362 e. The van der Waals surface area contributed by atoms with Gasteiger partial charge in [-0.05, 0) is 66.4 Å². The number of benzene rings is 2. The van der Waals surface area contributed by atoms with Crippen molar-refractivity contribution in [2.75, 3.05) is 32.1 Å². The molecule has 1 N–H and O–H groups in total. The number of ether oxygens (including phenoxy) is 1. The number of carbonyl (C=O) groups excluding carboxylic acids is 2. The number of hydrogen-bond donors (Lipinski definition) is 1. The third-order valence-corrected chi connectivity index (χ3v) is 10.2. The third-order valence-electron chi connectivity index (χ3n) is 7.95. The van der Waals surface area contributed by atoms with Crippen LogP contribution in [0, 0.1) is 11.3 Å². The number of halogens is 5. The van der Waals surface area contributed by atoms with Crippen LogP contribution in [0.15, 0.2) is 51.0 Å². The molecule has 236 valence electrons. The van der Waals surface area contributed by atoms with Gasteiger partial charge in [-0.3, -0.25) is 14.5 Å². The maximum atomic E-state index is 14.4. The van der Waals surface area contributed by atoms with Crippen molar-refractivity contribution in [3.63, 3.8) is 0 Å². The lowest BCUT2D eigenvalue weighted by atomic mass is 9.88. The molecule has 0 bridgehead atoms. The second kappa shape index (κ2) is 12.4. The monoisotopic (exact) mass is 695 g/mol. The van der Waals surface area contributed by atoms with Crippen LogP contribution in [0.25, 0.3) is 0 Å². The molecule has 5 rings (SSSR count). The second-order valence-electron chi connectivity index (χ2n) is 10.8. The normalized spacial score (nSPS) is 18.2. The molecule has 45 heavy (non-hydrogen) atoms. The molecule has 15 heteroatoms. The highest BCUT2D eigenvalue weighted by Crippen LogP contribution is 2.48. The van der Waals surface area contributed by atoms with Crippen molar-refractivity contribution < 1.29 is 23.1 Å². The summed E-state index contributed by atoms with van der Waals surface area (Å²) >= 11 is 18.7. The minimum Gasteiger partial charge on any atom is -0.495 e. The molecule has 1 atom stereocenters. The largest absolute Gasteiger partial charge is 0.495 e. The van der Waals surface area contributed by atoms with Crippen molar-refractivity contribution >= 4 is 64.2 Å². The highest BCUT2D eigenvalue weighted by molar-refractivity contribution is 7.99. The topological polar surface area (TPSA) is 110 Å². The predicted molar refractivity (Wildman–Crippen MR) is 168 cm³/mol.